The summed E-state index contributed by atoms with van der Waals surface area (Å²) >= 11 is 0. The van der Waals surface area contributed by atoms with Gasteiger partial charge in [0.05, 0.1) is 0 Å². The molecule has 1 N–H and O–H groups in total. The van der Waals surface area contributed by atoms with Gasteiger partial charge >= 0.3 is 0 Å². The molecule has 2 fully saturated rings. The van der Waals surface area contributed by atoms with E-state index in [1.165, 1.54) is 6.33 Å². The van der Waals surface area contributed by atoms with E-state index >= 15 is 0 Å². The first-order chi connectivity index (χ1) is 11.7. The number of carbonyl (C=O) groups is 2. The third-order valence-electron chi connectivity index (χ3n) is 5.07. The van der Waals surface area contributed by atoms with Gasteiger partial charge in [-0.2, -0.15) is 5.10 Å². The minimum Gasteiger partial charge on any atom is -0.396 e. The zero-order valence-electron chi connectivity index (χ0n) is 13.9. The first kappa shape index (κ1) is 16.9. The number of aliphatic hydroxyl groups is 1. The van der Waals surface area contributed by atoms with Crippen LogP contribution in [0.2, 0.25) is 0 Å². The van der Waals surface area contributed by atoms with E-state index in [-0.39, 0.29) is 31.0 Å². The maximum absolute atomic E-state index is 12.4. The van der Waals surface area contributed by atoms with Crippen LogP contribution < -0.4 is 0 Å². The minimum absolute atomic E-state index is 0.0580. The number of nitrogens with zero attached hydrogens (tertiary/aromatic N) is 5. The predicted octanol–water partition coefficient (Wildman–Crippen LogP) is -0.110. The summed E-state index contributed by atoms with van der Waals surface area (Å²) in [6, 6.07) is 0.236. The molecule has 2 amide bonds. The zero-order chi connectivity index (χ0) is 16.9. The third-order valence-corrected chi connectivity index (χ3v) is 5.07. The SMILES string of the molecule is O=C(Cn1cncn1)N1CC[C@@H]2[C@@H](CCC(=O)N2CCCCO)C1. The van der Waals surface area contributed by atoms with E-state index in [2.05, 4.69) is 10.1 Å². The molecule has 2 atom stereocenters. The topological polar surface area (TPSA) is 91.6 Å². The highest BCUT2D eigenvalue weighted by atomic mass is 16.3. The quantitative estimate of drug-likeness (QED) is 0.733. The van der Waals surface area contributed by atoms with Gasteiger partial charge in [-0.15, -0.1) is 0 Å². The molecule has 2 saturated heterocycles. The summed E-state index contributed by atoms with van der Waals surface area (Å²) in [5.41, 5.74) is 0. The molecule has 3 rings (SSSR count). The van der Waals surface area contributed by atoms with E-state index in [4.69, 9.17) is 5.11 Å². The fourth-order valence-corrected chi connectivity index (χ4v) is 3.82. The molecule has 24 heavy (non-hydrogen) atoms. The normalized spacial score (nSPS) is 24.1. The van der Waals surface area contributed by atoms with Crippen LogP contribution in [0.3, 0.4) is 0 Å². The van der Waals surface area contributed by atoms with Crippen molar-refractivity contribution in [2.75, 3.05) is 26.2 Å². The highest BCUT2D eigenvalue weighted by Gasteiger charge is 2.39. The van der Waals surface area contributed by atoms with E-state index in [1.807, 2.05) is 9.80 Å². The van der Waals surface area contributed by atoms with Crippen molar-refractivity contribution >= 4 is 11.8 Å². The van der Waals surface area contributed by atoms with Crippen LogP contribution in [0.15, 0.2) is 12.7 Å². The molecule has 1 aromatic heterocycles. The van der Waals surface area contributed by atoms with Crippen LogP contribution >= 0.6 is 0 Å². The molecule has 0 unspecified atom stereocenters. The molecule has 3 heterocycles. The largest absolute Gasteiger partial charge is 0.396 e. The molecule has 0 bridgehead atoms. The van der Waals surface area contributed by atoms with Gasteiger partial charge in [-0.3, -0.25) is 9.59 Å². The molecule has 0 saturated carbocycles. The number of likely N-dealkylation sites (tertiary alicyclic amines) is 2. The van der Waals surface area contributed by atoms with Crippen molar-refractivity contribution in [3.05, 3.63) is 12.7 Å². The molecule has 1 aromatic rings. The van der Waals surface area contributed by atoms with Crippen LogP contribution in [0.4, 0.5) is 0 Å². The zero-order valence-corrected chi connectivity index (χ0v) is 13.9. The Morgan fingerprint density at radius 1 is 1.33 bits per heavy atom. The molecule has 0 spiro atoms. The number of amides is 2. The van der Waals surface area contributed by atoms with Gasteiger partial charge in [0, 0.05) is 38.7 Å². The lowest BCUT2D eigenvalue weighted by molar-refractivity contribution is -0.144. The number of piperidine rings is 2. The predicted molar refractivity (Wildman–Crippen MR) is 85.8 cm³/mol. The van der Waals surface area contributed by atoms with Gasteiger partial charge in [0.15, 0.2) is 0 Å². The number of hydrogen-bond donors (Lipinski definition) is 1. The van der Waals surface area contributed by atoms with Gasteiger partial charge in [-0.1, -0.05) is 0 Å². The van der Waals surface area contributed by atoms with E-state index in [9.17, 15) is 9.59 Å². The number of aromatic nitrogens is 3. The van der Waals surface area contributed by atoms with Gasteiger partial charge in [-0.25, -0.2) is 9.67 Å². The summed E-state index contributed by atoms with van der Waals surface area (Å²) in [6.07, 6.45) is 6.78. The van der Waals surface area contributed by atoms with E-state index in [0.29, 0.717) is 32.0 Å². The highest BCUT2D eigenvalue weighted by molar-refractivity contribution is 5.78. The van der Waals surface area contributed by atoms with Gasteiger partial charge in [0.25, 0.3) is 0 Å². The Labute approximate surface area is 141 Å². The van der Waals surface area contributed by atoms with Crippen LogP contribution in [-0.2, 0) is 16.1 Å². The maximum Gasteiger partial charge on any atom is 0.244 e. The van der Waals surface area contributed by atoms with Gasteiger partial charge in [0.2, 0.25) is 11.8 Å². The molecule has 2 aliphatic rings. The van der Waals surface area contributed by atoms with Crippen molar-refractivity contribution in [2.45, 2.75) is 44.7 Å². The Kier molecular flexibility index (Phi) is 5.44. The average molecular weight is 335 g/mol. The van der Waals surface area contributed by atoms with Crippen molar-refractivity contribution < 1.29 is 14.7 Å². The highest BCUT2D eigenvalue weighted by Crippen LogP contribution is 2.31. The Hall–Kier alpha value is -1.96. The second-order valence-corrected chi connectivity index (χ2v) is 6.61. The van der Waals surface area contributed by atoms with Crippen LogP contribution in [0.25, 0.3) is 0 Å². The molecule has 8 heteroatoms. The van der Waals surface area contributed by atoms with Crippen LogP contribution in [0.1, 0.15) is 32.1 Å². The Balaban J connectivity index is 1.57. The Bertz CT molecular complexity index is 562. The lowest BCUT2D eigenvalue weighted by Crippen LogP contribution is -2.57. The summed E-state index contributed by atoms with van der Waals surface area (Å²) in [5.74, 6) is 0.629. The van der Waals surface area contributed by atoms with Crippen molar-refractivity contribution in [1.82, 2.24) is 24.6 Å². The number of rotatable bonds is 6. The molecule has 0 aromatic carbocycles. The fraction of sp³-hybridized carbons (Fsp3) is 0.750. The number of fused-ring (bicyclic) bond motifs is 1. The van der Waals surface area contributed by atoms with E-state index in [0.717, 1.165) is 25.7 Å². The number of carbonyl (C=O) groups excluding carboxylic acids is 2. The molecule has 2 aliphatic heterocycles. The molecule has 132 valence electrons. The second-order valence-electron chi connectivity index (χ2n) is 6.61. The monoisotopic (exact) mass is 335 g/mol. The number of hydrogen-bond acceptors (Lipinski definition) is 5. The van der Waals surface area contributed by atoms with Crippen molar-refractivity contribution in [2.24, 2.45) is 5.92 Å². The van der Waals surface area contributed by atoms with E-state index in [1.54, 1.807) is 11.0 Å². The smallest absolute Gasteiger partial charge is 0.244 e. The summed E-state index contributed by atoms with van der Waals surface area (Å²) in [5, 5.41) is 12.9. The summed E-state index contributed by atoms with van der Waals surface area (Å²) in [7, 11) is 0. The fourth-order valence-electron chi connectivity index (χ4n) is 3.82. The second kappa shape index (κ2) is 7.74. The third kappa shape index (κ3) is 3.75. The van der Waals surface area contributed by atoms with Crippen molar-refractivity contribution in [3.63, 3.8) is 0 Å². The van der Waals surface area contributed by atoms with Crippen LogP contribution in [0.5, 0.6) is 0 Å². The molecule has 0 radical (unpaired) electrons. The average Bonchev–Trinajstić information content (AvgIpc) is 3.09. The van der Waals surface area contributed by atoms with E-state index < -0.39 is 0 Å². The molecule has 8 nitrogen and oxygen atoms in total. The summed E-state index contributed by atoms with van der Waals surface area (Å²) in [4.78, 5) is 32.4. The van der Waals surface area contributed by atoms with Gasteiger partial charge < -0.3 is 14.9 Å². The van der Waals surface area contributed by atoms with Gasteiger partial charge in [-0.05, 0) is 31.6 Å². The van der Waals surface area contributed by atoms with Crippen molar-refractivity contribution in [3.8, 4) is 0 Å². The molecular weight excluding hydrogens is 310 g/mol. The Morgan fingerprint density at radius 2 is 2.21 bits per heavy atom. The standard InChI is InChI=1S/C16H25N5O3/c22-8-2-1-6-21-14-5-7-19(9-13(14)3-4-15(21)23)16(24)10-20-12-17-11-18-20/h11-14,22H,1-10H2/t13-,14+/m0/s1. The lowest BCUT2D eigenvalue weighted by atomic mass is 9.83. The first-order valence-corrected chi connectivity index (χ1v) is 8.69. The molecule has 0 aliphatic carbocycles. The summed E-state index contributed by atoms with van der Waals surface area (Å²) in [6.45, 7) is 2.49. The van der Waals surface area contributed by atoms with Crippen molar-refractivity contribution in [1.29, 1.82) is 0 Å². The maximum atomic E-state index is 12.4. The van der Waals surface area contributed by atoms with Gasteiger partial charge in [0.1, 0.15) is 19.2 Å². The minimum atomic E-state index is 0.0580. The van der Waals surface area contributed by atoms with Crippen LogP contribution in [0, 0.1) is 5.92 Å². The first-order valence-electron chi connectivity index (χ1n) is 8.69. The lowest BCUT2D eigenvalue weighted by Gasteiger charge is -2.47. The number of aliphatic hydroxyl groups excluding tert-OH is 1. The number of unbranched alkanes of at least 4 members (excludes halogenated alkanes) is 1. The van der Waals surface area contributed by atoms with Crippen LogP contribution in [-0.4, -0.2) is 73.8 Å². The molecular formula is C16H25N5O3. The summed E-state index contributed by atoms with van der Waals surface area (Å²) < 4.78 is 1.54. The Morgan fingerprint density at radius 3 is 2.96 bits per heavy atom.